The highest BCUT2D eigenvalue weighted by molar-refractivity contribution is 7.16. The molecule has 0 fully saturated rings. The molecule has 5 rings (SSSR count). The summed E-state index contributed by atoms with van der Waals surface area (Å²) in [7, 11) is 0. The molecule has 5 aromatic rings. The number of nitrogens with zero attached hydrogens (tertiary/aromatic N) is 3. The number of thiophene rings is 1. The molecular weight excluding hydrogens is 358 g/mol. The summed E-state index contributed by atoms with van der Waals surface area (Å²) in [4.78, 5) is 17.6. The second kappa shape index (κ2) is 6.33. The Kier molecular flexibility index (Phi) is 3.81. The SMILES string of the molecule is O=c1c2ccsc2ncn1C[C@@H](O)Cn1c2ccccc2c2ccccc21. The second-order valence-electron chi connectivity index (χ2n) is 6.64. The lowest BCUT2D eigenvalue weighted by Crippen LogP contribution is -2.29. The summed E-state index contributed by atoms with van der Waals surface area (Å²) in [5.41, 5.74) is 2.05. The van der Waals surface area contributed by atoms with Crippen LogP contribution in [0.1, 0.15) is 0 Å². The lowest BCUT2D eigenvalue weighted by atomic mass is 10.2. The van der Waals surface area contributed by atoms with E-state index in [2.05, 4.69) is 33.8 Å². The highest BCUT2D eigenvalue weighted by atomic mass is 32.1. The van der Waals surface area contributed by atoms with Crippen LogP contribution in [0.3, 0.4) is 0 Å². The molecule has 0 unspecified atom stereocenters. The number of aliphatic hydroxyl groups excluding tert-OH is 1. The summed E-state index contributed by atoms with van der Waals surface area (Å²) in [5, 5.41) is 15.5. The molecule has 27 heavy (non-hydrogen) atoms. The summed E-state index contributed by atoms with van der Waals surface area (Å²) in [6, 6.07) is 18.2. The van der Waals surface area contributed by atoms with E-state index in [0.717, 1.165) is 15.9 Å². The molecular formula is C21H17N3O2S. The Balaban J connectivity index is 1.52. The maximum atomic E-state index is 12.6. The monoisotopic (exact) mass is 375 g/mol. The molecule has 0 aliphatic heterocycles. The van der Waals surface area contributed by atoms with Gasteiger partial charge in [-0.1, -0.05) is 36.4 Å². The fraction of sp³-hybridized carbons (Fsp3) is 0.143. The fourth-order valence-electron chi connectivity index (χ4n) is 3.72. The van der Waals surface area contributed by atoms with E-state index in [1.54, 1.807) is 6.07 Å². The molecule has 3 heterocycles. The number of hydrogen-bond acceptors (Lipinski definition) is 4. The molecule has 0 aliphatic rings. The van der Waals surface area contributed by atoms with Gasteiger partial charge in [0.1, 0.15) is 4.83 Å². The summed E-state index contributed by atoms with van der Waals surface area (Å²) in [6.45, 7) is 0.612. The second-order valence-corrected chi connectivity index (χ2v) is 7.53. The number of aliphatic hydroxyl groups is 1. The Morgan fingerprint density at radius 1 is 0.926 bits per heavy atom. The molecule has 0 saturated carbocycles. The van der Waals surface area contributed by atoms with Gasteiger partial charge in [-0.15, -0.1) is 11.3 Å². The molecule has 134 valence electrons. The summed E-state index contributed by atoms with van der Waals surface area (Å²) in [6.07, 6.45) is 0.816. The van der Waals surface area contributed by atoms with Crippen LogP contribution in [0.5, 0.6) is 0 Å². The summed E-state index contributed by atoms with van der Waals surface area (Å²) in [5.74, 6) is 0. The van der Waals surface area contributed by atoms with Gasteiger partial charge in [-0.25, -0.2) is 4.98 Å². The van der Waals surface area contributed by atoms with Crippen LogP contribution in [-0.4, -0.2) is 25.3 Å². The van der Waals surface area contributed by atoms with E-state index in [1.807, 2.05) is 29.6 Å². The predicted octanol–water partition coefficient (Wildman–Crippen LogP) is 3.63. The minimum Gasteiger partial charge on any atom is -0.389 e. The third kappa shape index (κ3) is 2.65. The third-order valence-electron chi connectivity index (χ3n) is 4.93. The predicted molar refractivity (Wildman–Crippen MR) is 109 cm³/mol. The van der Waals surface area contributed by atoms with Gasteiger partial charge in [0.05, 0.1) is 30.9 Å². The van der Waals surface area contributed by atoms with Gasteiger partial charge in [0.2, 0.25) is 0 Å². The van der Waals surface area contributed by atoms with Crippen molar-refractivity contribution in [1.29, 1.82) is 0 Å². The zero-order chi connectivity index (χ0) is 18.4. The molecule has 0 spiro atoms. The Bertz CT molecular complexity index is 1280. The minimum absolute atomic E-state index is 0.109. The van der Waals surface area contributed by atoms with Gasteiger partial charge in [0.15, 0.2) is 0 Å². The van der Waals surface area contributed by atoms with Gasteiger partial charge in [-0.05, 0) is 23.6 Å². The van der Waals surface area contributed by atoms with Crippen molar-refractivity contribution in [2.75, 3.05) is 0 Å². The molecule has 0 radical (unpaired) electrons. The van der Waals surface area contributed by atoms with Gasteiger partial charge >= 0.3 is 0 Å². The van der Waals surface area contributed by atoms with Crippen molar-refractivity contribution in [3.8, 4) is 0 Å². The summed E-state index contributed by atoms with van der Waals surface area (Å²) < 4.78 is 3.62. The molecule has 1 N–H and O–H groups in total. The van der Waals surface area contributed by atoms with Crippen molar-refractivity contribution in [3.05, 3.63) is 76.7 Å². The van der Waals surface area contributed by atoms with Crippen molar-refractivity contribution in [1.82, 2.24) is 14.1 Å². The fourth-order valence-corrected chi connectivity index (χ4v) is 4.44. The van der Waals surface area contributed by atoms with Crippen molar-refractivity contribution in [3.63, 3.8) is 0 Å². The smallest absolute Gasteiger partial charge is 0.262 e. The van der Waals surface area contributed by atoms with Crippen LogP contribution in [0.2, 0.25) is 0 Å². The molecule has 0 bridgehead atoms. The third-order valence-corrected chi connectivity index (χ3v) is 5.75. The molecule has 6 heteroatoms. The van der Waals surface area contributed by atoms with Gasteiger partial charge in [0, 0.05) is 21.8 Å². The zero-order valence-corrected chi connectivity index (χ0v) is 15.3. The number of aromatic nitrogens is 3. The highest BCUT2D eigenvalue weighted by Crippen LogP contribution is 2.28. The molecule has 1 atom stereocenters. The number of rotatable bonds is 4. The van der Waals surface area contributed by atoms with Gasteiger partial charge in [-0.2, -0.15) is 0 Å². The van der Waals surface area contributed by atoms with Crippen LogP contribution in [0.4, 0.5) is 0 Å². The number of fused-ring (bicyclic) bond motifs is 4. The Hall–Kier alpha value is -2.96. The molecule has 0 amide bonds. The highest BCUT2D eigenvalue weighted by Gasteiger charge is 2.15. The summed E-state index contributed by atoms with van der Waals surface area (Å²) >= 11 is 1.44. The normalized spacial score (nSPS) is 12.9. The molecule has 2 aromatic carbocycles. The van der Waals surface area contributed by atoms with Crippen LogP contribution in [-0.2, 0) is 13.1 Å². The molecule has 3 aromatic heterocycles. The Labute approximate surface area is 158 Å². The van der Waals surface area contributed by atoms with Crippen molar-refractivity contribution >= 4 is 43.4 Å². The van der Waals surface area contributed by atoms with Crippen molar-refractivity contribution < 1.29 is 5.11 Å². The van der Waals surface area contributed by atoms with Crippen molar-refractivity contribution in [2.24, 2.45) is 0 Å². The first-order valence-corrected chi connectivity index (χ1v) is 9.67. The van der Waals surface area contributed by atoms with E-state index >= 15 is 0 Å². The quantitative estimate of drug-likeness (QED) is 0.522. The van der Waals surface area contributed by atoms with E-state index in [0.29, 0.717) is 11.9 Å². The number of para-hydroxylation sites is 2. The first kappa shape index (κ1) is 16.2. The van der Waals surface area contributed by atoms with Crippen LogP contribution < -0.4 is 5.56 Å². The lowest BCUT2D eigenvalue weighted by molar-refractivity contribution is 0.136. The Morgan fingerprint density at radius 2 is 1.59 bits per heavy atom. The zero-order valence-electron chi connectivity index (χ0n) is 14.4. The van der Waals surface area contributed by atoms with E-state index in [4.69, 9.17) is 0 Å². The van der Waals surface area contributed by atoms with Gasteiger partial charge < -0.3 is 9.67 Å². The maximum absolute atomic E-state index is 12.6. The average Bonchev–Trinajstić information content (AvgIpc) is 3.29. The minimum atomic E-state index is -0.709. The average molecular weight is 375 g/mol. The number of hydrogen-bond donors (Lipinski definition) is 1. The molecule has 0 aliphatic carbocycles. The van der Waals surface area contributed by atoms with E-state index in [1.165, 1.54) is 33.0 Å². The van der Waals surface area contributed by atoms with Crippen molar-refractivity contribution in [2.45, 2.75) is 19.2 Å². The van der Waals surface area contributed by atoms with Crippen LogP contribution in [0.15, 0.2) is 71.1 Å². The molecule has 0 saturated heterocycles. The first-order chi connectivity index (χ1) is 13.2. The lowest BCUT2D eigenvalue weighted by Gasteiger charge is -2.15. The van der Waals surface area contributed by atoms with E-state index in [9.17, 15) is 9.90 Å². The number of benzene rings is 2. The topological polar surface area (TPSA) is 60.1 Å². The van der Waals surface area contributed by atoms with Gasteiger partial charge in [0.25, 0.3) is 5.56 Å². The van der Waals surface area contributed by atoms with E-state index in [-0.39, 0.29) is 12.1 Å². The van der Waals surface area contributed by atoms with E-state index < -0.39 is 6.10 Å². The molecule has 5 nitrogen and oxygen atoms in total. The maximum Gasteiger partial charge on any atom is 0.262 e. The largest absolute Gasteiger partial charge is 0.389 e. The van der Waals surface area contributed by atoms with Crippen LogP contribution >= 0.6 is 11.3 Å². The van der Waals surface area contributed by atoms with Crippen LogP contribution in [0, 0.1) is 0 Å². The standard InChI is InChI=1S/C21H17N3O2S/c25-14(11-23-13-22-20-17(21(23)26)9-10-27-20)12-24-18-7-3-1-5-15(18)16-6-2-4-8-19(16)24/h1-10,13-14,25H,11-12H2/t14-/m1/s1. The van der Waals surface area contributed by atoms with Gasteiger partial charge in [-0.3, -0.25) is 9.36 Å². The van der Waals surface area contributed by atoms with Crippen LogP contribution in [0.25, 0.3) is 32.0 Å². The first-order valence-electron chi connectivity index (χ1n) is 8.79. The Morgan fingerprint density at radius 3 is 2.30 bits per heavy atom.